The number of rotatable bonds is 5. The van der Waals surface area contributed by atoms with E-state index in [2.05, 4.69) is 36.2 Å². The molecule has 0 amide bonds. The van der Waals surface area contributed by atoms with E-state index in [1.54, 1.807) is 19.5 Å². The van der Waals surface area contributed by atoms with Gasteiger partial charge in [0.1, 0.15) is 5.75 Å². The normalized spacial score (nSPS) is 12.2. The van der Waals surface area contributed by atoms with Crippen LogP contribution in [-0.4, -0.2) is 17.2 Å². The number of hydrogen-bond donors (Lipinski definition) is 1. The Morgan fingerprint density at radius 3 is 2.63 bits per heavy atom. The number of benzene rings is 1. The van der Waals surface area contributed by atoms with E-state index in [9.17, 15) is 5.11 Å². The van der Waals surface area contributed by atoms with Crippen molar-refractivity contribution in [2.24, 2.45) is 0 Å². The molecule has 0 aliphatic carbocycles. The van der Waals surface area contributed by atoms with Crippen molar-refractivity contribution in [2.45, 2.75) is 25.9 Å². The molecule has 2 rings (SSSR count). The summed E-state index contributed by atoms with van der Waals surface area (Å²) < 4.78 is 5.11. The van der Waals surface area contributed by atoms with Crippen LogP contribution in [0.3, 0.4) is 0 Å². The minimum absolute atomic E-state index is 0.510. The minimum Gasteiger partial charge on any atom is -0.495 e. The van der Waals surface area contributed by atoms with Gasteiger partial charge in [0.15, 0.2) is 0 Å². The fraction of sp³-hybridized carbons (Fsp3) is 0.312. The van der Waals surface area contributed by atoms with Gasteiger partial charge in [0.2, 0.25) is 0 Å². The van der Waals surface area contributed by atoms with Crippen LogP contribution in [0.2, 0.25) is 0 Å². The molecule has 0 bridgehead atoms. The first-order valence-electron chi connectivity index (χ1n) is 6.41. The van der Waals surface area contributed by atoms with Crippen LogP contribution >= 0.6 is 0 Å². The van der Waals surface area contributed by atoms with Crippen LogP contribution in [-0.2, 0) is 6.42 Å². The number of aromatic nitrogens is 1. The molecule has 3 nitrogen and oxygen atoms in total. The van der Waals surface area contributed by atoms with Crippen molar-refractivity contribution in [3.8, 4) is 5.75 Å². The van der Waals surface area contributed by atoms with Gasteiger partial charge in [-0.15, -0.1) is 0 Å². The Balaban J connectivity index is 1.96. The highest BCUT2D eigenvalue weighted by Crippen LogP contribution is 2.21. The Bertz CT molecular complexity index is 523. The first kappa shape index (κ1) is 13.6. The van der Waals surface area contributed by atoms with E-state index in [-0.39, 0.29) is 0 Å². The molecule has 0 spiro atoms. The second-order valence-corrected chi connectivity index (χ2v) is 4.70. The summed E-state index contributed by atoms with van der Waals surface area (Å²) in [5.74, 6) is 0.673. The number of hydrogen-bond acceptors (Lipinski definition) is 3. The van der Waals surface area contributed by atoms with Crippen molar-refractivity contribution in [3.05, 3.63) is 59.4 Å². The first-order chi connectivity index (χ1) is 9.19. The smallest absolute Gasteiger partial charge is 0.137 e. The van der Waals surface area contributed by atoms with E-state index in [0.717, 1.165) is 12.0 Å². The molecule has 0 fully saturated rings. The van der Waals surface area contributed by atoms with Crippen LogP contribution < -0.4 is 4.74 Å². The molecular formula is C16H19NO2. The Morgan fingerprint density at radius 2 is 1.95 bits per heavy atom. The van der Waals surface area contributed by atoms with Gasteiger partial charge in [-0.3, -0.25) is 4.98 Å². The topological polar surface area (TPSA) is 42.4 Å². The summed E-state index contributed by atoms with van der Waals surface area (Å²) in [5.41, 5.74) is 3.29. The van der Waals surface area contributed by atoms with Crippen molar-refractivity contribution in [1.82, 2.24) is 4.98 Å². The van der Waals surface area contributed by atoms with E-state index in [4.69, 9.17) is 4.74 Å². The number of aryl methyl sites for hydroxylation is 2. The molecule has 1 atom stereocenters. The zero-order valence-electron chi connectivity index (χ0n) is 11.3. The molecule has 1 aromatic heterocycles. The van der Waals surface area contributed by atoms with Gasteiger partial charge >= 0.3 is 0 Å². The Hall–Kier alpha value is -1.87. The molecule has 1 heterocycles. The first-order valence-corrected chi connectivity index (χ1v) is 6.41. The molecule has 1 unspecified atom stereocenters. The standard InChI is InChI=1S/C16H19NO2/c1-12-3-5-13(6-4-12)7-8-16(18)14-9-15(19-2)11-17-10-14/h3-6,9-11,16,18H,7-8H2,1-2H3. The van der Waals surface area contributed by atoms with Crippen molar-refractivity contribution in [1.29, 1.82) is 0 Å². The van der Waals surface area contributed by atoms with Crippen molar-refractivity contribution in [2.75, 3.05) is 7.11 Å². The van der Waals surface area contributed by atoms with E-state index >= 15 is 0 Å². The van der Waals surface area contributed by atoms with Crippen molar-refractivity contribution in [3.63, 3.8) is 0 Å². The van der Waals surface area contributed by atoms with Gasteiger partial charge in [0, 0.05) is 11.8 Å². The van der Waals surface area contributed by atoms with Gasteiger partial charge in [-0.1, -0.05) is 29.8 Å². The van der Waals surface area contributed by atoms with E-state index in [1.807, 2.05) is 6.07 Å². The average molecular weight is 257 g/mol. The lowest BCUT2D eigenvalue weighted by Crippen LogP contribution is -2.01. The largest absolute Gasteiger partial charge is 0.495 e. The van der Waals surface area contributed by atoms with E-state index < -0.39 is 6.10 Å². The van der Waals surface area contributed by atoms with Crippen molar-refractivity contribution < 1.29 is 9.84 Å². The Morgan fingerprint density at radius 1 is 1.21 bits per heavy atom. The number of ether oxygens (including phenoxy) is 1. The molecule has 19 heavy (non-hydrogen) atoms. The second-order valence-electron chi connectivity index (χ2n) is 4.70. The van der Waals surface area contributed by atoms with E-state index in [0.29, 0.717) is 12.2 Å². The zero-order chi connectivity index (χ0) is 13.7. The molecule has 0 aliphatic heterocycles. The summed E-state index contributed by atoms with van der Waals surface area (Å²) in [7, 11) is 1.60. The Labute approximate surface area is 113 Å². The zero-order valence-corrected chi connectivity index (χ0v) is 11.3. The molecule has 0 radical (unpaired) electrons. The SMILES string of the molecule is COc1cncc(C(O)CCc2ccc(C)cc2)c1. The van der Waals surface area contributed by atoms with Gasteiger partial charge in [-0.2, -0.15) is 0 Å². The van der Waals surface area contributed by atoms with Gasteiger partial charge in [-0.25, -0.2) is 0 Å². The van der Waals surface area contributed by atoms with Gasteiger partial charge < -0.3 is 9.84 Å². The van der Waals surface area contributed by atoms with Gasteiger partial charge in [0.05, 0.1) is 19.4 Å². The second kappa shape index (κ2) is 6.34. The van der Waals surface area contributed by atoms with Gasteiger partial charge in [0.25, 0.3) is 0 Å². The predicted octanol–water partition coefficient (Wildman–Crippen LogP) is 3.06. The van der Waals surface area contributed by atoms with E-state index in [1.165, 1.54) is 11.1 Å². The summed E-state index contributed by atoms with van der Waals surface area (Å²) in [5, 5.41) is 10.2. The number of aliphatic hydroxyl groups is 1. The summed E-state index contributed by atoms with van der Waals surface area (Å²) in [6, 6.07) is 10.2. The summed E-state index contributed by atoms with van der Waals surface area (Å²) in [4.78, 5) is 4.06. The fourth-order valence-corrected chi connectivity index (χ4v) is 1.95. The van der Waals surface area contributed by atoms with Crippen LogP contribution in [0.1, 0.15) is 29.2 Å². The molecule has 1 aromatic carbocycles. The molecule has 0 aliphatic rings. The fourth-order valence-electron chi connectivity index (χ4n) is 1.95. The average Bonchev–Trinajstić information content (AvgIpc) is 2.46. The van der Waals surface area contributed by atoms with Crippen LogP contribution in [0.5, 0.6) is 5.75 Å². The summed E-state index contributed by atoms with van der Waals surface area (Å²) >= 11 is 0. The molecule has 1 N–H and O–H groups in total. The molecule has 100 valence electrons. The van der Waals surface area contributed by atoms with Crippen LogP contribution in [0.25, 0.3) is 0 Å². The highest BCUT2D eigenvalue weighted by atomic mass is 16.5. The minimum atomic E-state index is -0.510. The molecule has 2 aromatic rings. The molecule has 3 heteroatoms. The lowest BCUT2D eigenvalue weighted by Gasteiger charge is -2.11. The number of pyridine rings is 1. The third-order valence-electron chi connectivity index (χ3n) is 3.18. The predicted molar refractivity (Wildman–Crippen MR) is 75.2 cm³/mol. The lowest BCUT2D eigenvalue weighted by atomic mass is 10.0. The quantitative estimate of drug-likeness (QED) is 0.895. The van der Waals surface area contributed by atoms with Crippen molar-refractivity contribution >= 4 is 0 Å². The maximum absolute atomic E-state index is 10.2. The third-order valence-corrected chi connectivity index (χ3v) is 3.18. The molecule has 0 saturated carbocycles. The van der Waals surface area contributed by atoms with Crippen LogP contribution in [0.4, 0.5) is 0 Å². The number of methoxy groups -OCH3 is 1. The van der Waals surface area contributed by atoms with Crippen LogP contribution in [0.15, 0.2) is 42.7 Å². The molecular weight excluding hydrogens is 238 g/mol. The maximum Gasteiger partial charge on any atom is 0.137 e. The monoisotopic (exact) mass is 257 g/mol. The summed E-state index contributed by atoms with van der Waals surface area (Å²) in [6.45, 7) is 2.07. The number of aliphatic hydroxyl groups excluding tert-OH is 1. The van der Waals surface area contributed by atoms with Gasteiger partial charge in [-0.05, 0) is 31.4 Å². The summed E-state index contributed by atoms with van der Waals surface area (Å²) in [6.07, 6.45) is 4.33. The lowest BCUT2D eigenvalue weighted by molar-refractivity contribution is 0.167. The molecule has 0 saturated heterocycles. The maximum atomic E-state index is 10.2. The third kappa shape index (κ3) is 3.80. The Kier molecular flexibility index (Phi) is 4.53. The highest BCUT2D eigenvalue weighted by molar-refractivity contribution is 5.26. The highest BCUT2D eigenvalue weighted by Gasteiger charge is 2.09. The number of nitrogens with zero attached hydrogens (tertiary/aromatic N) is 1. The van der Waals surface area contributed by atoms with Crippen LogP contribution in [0, 0.1) is 6.92 Å².